The molecule has 0 unspecified atom stereocenters. The van der Waals surface area contributed by atoms with E-state index in [4.69, 9.17) is 10.5 Å². The minimum atomic E-state index is 0.412. The van der Waals surface area contributed by atoms with Gasteiger partial charge in [-0.1, -0.05) is 26.0 Å². The molecule has 0 amide bonds. The van der Waals surface area contributed by atoms with Gasteiger partial charge in [-0.25, -0.2) is 0 Å². The quantitative estimate of drug-likeness (QED) is 0.888. The highest BCUT2D eigenvalue weighted by Crippen LogP contribution is 2.31. The van der Waals surface area contributed by atoms with Crippen LogP contribution in [-0.4, -0.2) is 4.98 Å². The monoisotopic (exact) mass is 242 g/mol. The maximum absolute atomic E-state index is 5.89. The van der Waals surface area contributed by atoms with Crippen molar-refractivity contribution < 1.29 is 4.74 Å². The molecule has 0 saturated heterocycles. The van der Waals surface area contributed by atoms with E-state index in [1.165, 1.54) is 11.1 Å². The lowest BCUT2D eigenvalue weighted by Gasteiger charge is -2.14. The summed E-state index contributed by atoms with van der Waals surface area (Å²) < 4.78 is 5.89. The molecule has 0 spiro atoms. The Morgan fingerprint density at radius 3 is 2.61 bits per heavy atom. The first kappa shape index (κ1) is 12.4. The third kappa shape index (κ3) is 2.80. The number of nitrogens with two attached hydrogens (primary N) is 1. The van der Waals surface area contributed by atoms with Crippen LogP contribution in [0.2, 0.25) is 0 Å². The van der Waals surface area contributed by atoms with Gasteiger partial charge in [0.05, 0.1) is 18.1 Å². The third-order valence-electron chi connectivity index (χ3n) is 2.75. The van der Waals surface area contributed by atoms with Gasteiger partial charge in [-0.3, -0.25) is 4.98 Å². The molecule has 1 aromatic carbocycles. The van der Waals surface area contributed by atoms with Gasteiger partial charge in [0.25, 0.3) is 0 Å². The van der Waals surface area contributed by atoms with Gasteiger partial charge in [0.15, 0.2) is 0 Å². The number of nitrogens with zero attached hydrogens (tertiary/aromatic N) is 1. The lowest BCUT2D eigenvalue weighted by molar-refractivity contribution is 0.471. The van der Waals surface area contributed by atoms with Gasteiger partial charge in [-0.05, 0) is 30.0 Å². The molecule has 2 aromatic rings. The molecule has 2 rings (SSSR count). The van der Waals surface area contributed by atoms with E-state index in [1.807, 2.05) is 6.07 Å². The zero-order valence-electron chi connectivity index (χ0n) is 11.0. The van der Waals surface area contributed by atoms with E-state index in [1.54, 1.807) is 18.5 Å². The Hall–Kier alpha value is -2.03. The van der Waals surface area contributed by atoms with Crippen LogP contribution < -0.4 is 10.5 Å². The normalized spacial score (nSPS) is 10.7. The largest absolute Gasteiger partial charge is 0.455 e. The third-order valence-corrected chi connectivity index (χ3v) is 2.75. The molecular formula is C15H18N2O. The van der Waals surface area contributed by atoms with Crippen molar-refractivity contribution in [3.63, 3.8) is 0 Å². The second kappa shape index (κ2) is 5.08. The van der Waals surface area contributed by atoms with Gasteiger partial charge in [0.2, 0.25) is 0 Å². The summed E-state index contributed by atoms with van der Waals surface area (Å²) >= 11 is 0. The summed E-state index contributed by atoms with van der Waals surface area (Å²) in [5.41, 5.74) is 8.66. The molecule has 2 N–H and O–H groups in total. The molecule has 3 nitrogen and oxygen atoms in total. The molecule has 0 fully saturated rings. The maximum atomic E-state index is 5.89. The fraction of sp³-hybridized carbons (Fsp3) is 0.267. The average molecular weight is 242 g/mol. The Morgan fingerprint density at radius 1 is 1.17 bits per heavy atom. The highest BCUT2D eigenvalue weighted by atomic mass is 16.5. The number of benzene rings is 1. The smallest absolute Gasteiger partial charge is 0.147 e. The average Bonchev–Trinajstić information content (AvgIpc) is 2.28. The minimum Gasteiger partial charge on any atom is -0.455 e. The van der Waals surface area contributed by atoms with Crippen molar-refractivity contribution in [2.45, 2.75) is 26.7 Å². The fourth-order valence-electron chi connectivity index (χ4n) is 1.83. The van der Waals surface area contributed by atoms with E-state index in [2.05, 4.69) is 37.9 Å². The van der Waals surface area contributed by atoms with Crippen molar-refractivity contribution in [2.75, 3.05) is 5.73 Å². The molecule has 0 atom stereocenters. The molecule has 0 radical (unpaired) electrons. The molecule has 1 aromatic heterocycles. The van der Waals surface area contributed by atoms with E-state index in [0.29, 0.717) is 17.4 Å². The first-order chi connectivity index (χ1) is 8.56. The summed E-state index contributed by atoms with van der Waals surface area (Å²) in [5.74, 6) is 1.95. The van der Waals surface area contributed by atoms with E-state index in [9.17, 15) is 0 Å². The van der Waals surface area contributed by atoms with Crippen molar-refractivity contribution in [1.29, 1.82) is 0 Å². The number of anilines is 1. The number of rotatable bonds is 3. The summed E-state index contributed by atoms with van der Waals surface area (Å²) in [7, 11) is 0. The van der Waals surface area contributed by atoms with Crippen molar-refractivity contribution in [2.24, 2.45) is 0 Å². The number of pyridine rings is 1. The van der Waals surface area contributed by atoms with Crippen LogP contribution in [0, 0.1) is 6.92 Å². The van der Waals surface area contributed by atoms with Crippen LogP contribution in [0.4, 0.5) is 5.69 Å². The van der Waals surface area contributed by atoms with Crippen molar-refractivity contribution in [3.8, 4) is 11.5 Å². The summed E-state index contributed by atoms with van der Waals surface area (Å²) in [6, 6.07) is 8.02. The van der Waals surface area contributed by atoms with Crippen LogP contribution in [0.1, 0.15) is 30.9 Å². The number of hydrogen-bond donors (Lipinski definition) is 1. The van der Waals surface area contributed by atoms with Gasteiger partial charge in [0, 0.05) is 6.07 Å². The Labute approximate surface area is 108 Å². The second-order valence-electron chi connectivity index (χ2n) is 4.75. The molecule has 0 aliphatic heterocycles. The van der Waals surface area contributed by atoms with Gasteiger partial charge in [0.1, 0.15) is 11.5 Å². The van der Waals surface area contributed by atoms with Gasteiger partial charge in [-0.15, -0.1) is 0 Å². The van der Waals surface area contributed by atoms with Crippen molar-refractivity contribution in [3.05, 3.63) is 47.8 Å². The van der Waals surface area contributed by atoms with Crippen molar-refractivity contribution in [1.82, 2.24) is 4.98 Å². The topological polar surface area (TPSA) is 48.1 Å². The Kier molecular flexibility index (Phi) is 3.51. The van der Waals surface area contributed by atoms with Crippen LogP contribution in [0.25, 0.3) is 0 Å². The minimum absolute atomic E-state index is 0.412. The van der Waals surface area contributed by atoms with Crippen molar-refractivity contribution >= 4 is 5.69 Å². The van der Waals surface area contributed by atoms with Crippen LogP contribution in [0.5, 0.6) is 11.5 Å². The number of aryl methyl sites for hydroxylation is 1. The second-order valence-corrected chi connectivity index (χ2v) is 4.75. The van der Waals surface area contributed by atoms with Crippen LogP contribution in [0.15, 0.2) is 36.7 Å². The molecule has 1 heterocycles. The van der Waals surface area contributed by atoms with Gasteiger partial charge < -0.3 is 10.5 Å². The Bertz CT molecular complexity index is 550. The zero-order chi connectivity index (χ0) is 13.1. The molecule has 0 aliphatic rings. The predicted molar refractivity (Wildman–Crippen MR) is 74.0 cm³/mol. The number of nitrogen functional groups attached to an aromatic ring is 1. The molecule has 94 valence electrons. The van der Waals surface area contributed by atoms with E-state index in [0.717, 1.165) is 5.75 Å². The van der Waals surface area contributed by atoms with Crippen LogP contribution >= 0.6 is 0 Å². The highest BCUT2D eigenvalue weighted by Gasteiger charge is 2.09. The fourth-order valence-corrected chi connectivity index (χ4v) is 1.83. The van der Waals surface area contributed by atoms with E-state index < -0.39 is 0 Å². The number of aromatic nitrogens is 1. The first-order valence-electron chi connectivity index (χ1n) is 6.05. The van der Waals surface area contributed by atoms with E-state index >= 15 is 0 Å². The molecular weight excluding hydrogens is 224 g/mol. The summed E-state index contributed by atoms with van der Waals surface area (Å²) in [5, 5.41) is 0. The van der Waals surface area contributed by atoms with E-state index in [-0.39, 0.29) is 0 Å². The SMILES string of the molecule is Cc1ccc(C(C)C)c(Oc2cncc(N)c2)c1. The number of hydrogen-bond acceptors (Lipinski definition) is 3. The Morgan fingerprint density at radius 2 is 1.94 bits per heavy atom. The molecule has 3 heteroatoms. The predicted octanol–water partition coefficient (Wildman–Crippen LogP) is 3.89. The molecule has 18 heavy (non-hydrogen) atoms. The lowest BCUT2D eigenvalue weighted by atomic mass is 10.0. The standard InChI is InChI=1S/C15H18N2O/c1-10(2)14-5-4-11(3)6-15(14)18-13-7-12(16)8-17-9-13/h4-10H,16H2,1-3H3. The summed E-state index contributed by atoms with van der Waals surface area (Å²) in [6.07, 6.45) is 3.27. The maximum Gasteiger partial charge on any atom is 0.147 e. The van der Waals surface area contributed by atoms with Crippen LogP contribution in [-0.2, 0) is 0 Å². The summed E-state index contributed by atoms with van der Waals surface area (Å²) in [6.45, 7) is 6.35. The number of ether oxygens (including phenoxy) is 1. The first-order valence-corrected chi connectivity index (χ1v) is 6.05. The van der Waals surface area contributed by atoms with Gasteiger partial charge >= 0.3 is 0 Å². The molecule has 0 aliphatic carbocycles. The molecule has 0 bridgehead atoms. The zero-order valence-corrected chi connectivity index (χ0v) is 11.0. The summed E-state index contributed by atoms with van der Waals surface area (Å²) in [4.78, 5) is 4.03. The Balaban J connectivity index is 2.36. The van der Waals surface area contributed by atoms with Gasteiger partial charge in [-0.2, -0.15) is 0 Å². The molecule has 0 saturated carbocycles. The van der Waals surface area contributed by atoms with Crippen LogP contribution in [0.3, 0.4) is 0 Å². The highest BCUT2D eigenvalue weighted by molar-refractivity contribution is 5.45. The lowest BCUT2D eigenvalue weighted by Crippen LogP contribution is -1.96.